The molecule has 398 valence electrons. The van der Waals surface area contributed by atoms with Gasteiger partial charge in [0.1, 0.15) is 0 Å². The van der Waals surface area contributed by atoms with Crippen LogP contribution in [0.3, 0.4) is 0 Å². The average Bonchev–Trinajstić information content (AvgIpc) is 3.35. The average molecular weight is 1000 g/mol. The van der Waals surface area contributed by atoms with Gasteiger partial charge in [-0.1, -0.05) is 212 Å². The number of rotatable bonds is 9. The largest absolute Gasteiger partial charge is 0.386 e. The van der Waals surface area contributed by atoms with Crippen LogP contribution in [0.15, 0.2) is 149 Å². The van der Waals surface area contributed by atoms with Crippen LogP contribution < -0.4 is 4.90 Å². The summed E-state index contributed by atoms with van der Waals surface area (Å²) in [4.78, 5) is 5.20. The zero-order valence-corrected chi connectivity index (χ0v) is 48.4. The number of anilines is 1. The number of hydrogen-bond donors (Lipinski definition) is 0. The molecule has 0 spiro atoms. The summed E-state index contributed by atoms with van der Waals surface area (Å²) < 4.78 is 31.1. The Hall–Kier alpha value is -4.78. The van der Waals surface area contributed by atoms with E-state index in [1.54, 1.807) is 11.1 Å². The van der Waals surface area contributed by atoms with Crippen molar-refractivity contribution < 1.29 is 13.2 Å². The maximum Gasteiger partial charge on any atom is 0.386 e. The van der Waals surface area contributed by atoms with E-state index in [1.165, 1.54) is 96.0 Å². The number of alkyl halides is 3. The number of thiocarbonyl (C=S) groups is 1. The van der Waals surface area contributed by atoms with Crippen LogP contribution in [0.2, 0.25) is 0 Å². The third-order valence-corrected chi connectivity index (χ3v) is 11.5. The maximum atomic E-state index is 10.4. The highest BCUT2D eigenvalue weighted by atomic mass is 32.1. The summed E-state index contributed by atoms with van der Waals surface area (Å²) in [5.74, 6) is 3.83. The molecule has 0 amide bonds. The Labute approximate surface area is 442 Å². The highest BCUT2D eigenvalue weighted by Crippen LogP contribution is 2.42. The zero-order chi connectivity index (χ0) is 55.6. The first-order valence-corrected chi connectivity index (χ1v) is 26.2. The first-order chi connectivity index (χ1) is 33.7. The van der Waals surface area contributed by atoms with Gasteiger partial charge in [-0.15, -0.1) is 39.5 Å². The minimum absolute atomic E-state index is 0.188. The van der Waals surface area contributed by atoms with Gasteiger partial charge in [0.15, 0.2) is 0 Å². The number of halogens is 3. The summed E-state index contributed by atoms with van der Waals surface area (Å²) in [6, 6.07) is 34.8. The van der Waals surface area contributed by atoms with Crippen molar-refractivity contribution in [2.24, 2.45) is 11.3 Å². The number of aryl methyl sites for hydroxylation is 5. The molecule has 0 N–H and O–H groups in total. The van der Waals surface area contributed by atoms with Gasteiger partial charge in [-0.05, 0) is 118 Å². The van der Waals surface area contributed by atoms with Crippen molar-refractivity contribution >= 4 is 34.9 Å². The van der Waals surface area contributed by atoms with Crippen molar-refractivity contribution in [2.75, 3.05) is 37.6 Å². The standard InChI is InChI=1S/C29H38N2.C9H12.C8H18.C7H8.C3H8.C2H3F3.3C2H4.CH2S/c1-22(2)24-10-12-27(13-11-24)31-18-16-30(17-19-31)21-26-20-29(4,5)15-14-28(26)25-8-6-23(3)7-9-25;1-7-4-5-8(2)9(3)6-7;1-4-7-8(5-2)6-3;1-7-5-3-2-4-6-7;1-3-2;1-2(3,4)5;4*1-2/h6-13H,1,14-21H2,2-5H3;4-6H,1-3H3;8H,4-7H2,1-3H3;2-6H,1H3;3H2,1-2H3;1H3;3*1-2H2;1H2. The molecule has 0 radical (unpaired) electrons. The molecule has 1 fully saturated rings. The molecule has 2 nitrogen and oxygen atoms in total. The van der Waals surface area contributed by atoms with Crippen LogP contribution in [0.1, 0.15) is 153 Å². The highest BCUT2D eigenvalue weighted by Gasteiger charge is 2.29. The van der Waals surface area contributed by atoms with Crippen molar-refractivity contribution in [1.82, 2.24) is 4.90 Å². The van der Waals surface area contributed by atoms with E-state index in [4.69, 9.17) is 0 Å². The van der Waals surface area contributed by atoms with E-state index in [0.29, 0.717) is 5.41 Å². The Kier molecular flexibility index (Phi) is 45.1. The number of allylic oxidation sites excluding steroid dienone is 2. The summed E-state index contributed by atoms with van der Waals surface area (Å²) >= 11 is 3.83. The lowest BCUT2D eigenvalue weighted by Gasteiger charge is -2.39. The Morgan fingerprint density at radius 1 is 0.662 bits per heavy atom. The Morgan fingerprint density at radius 2 is 1.11 bits per heavy atom. The lowest BCUT2D eigenvalue weighted by atomic mass is 9.72. The second-order valence-corrected chi connectivity index (χ2v) is 18.6. The van der Waals surface area contributed by atoms with E-state index in [9.17, 15) is 13.2 Å². The molecule has 0 saturated carbocycles. The van der Waals surface area contributed by atoms with E-state index in [2.05, 4.69) is 243 Å². The second-order valence-electron chi connectivity index (χ2n) is 18.6. The molecule has 4 aromatic rings. The molecule has 71 heavy (non-hydrogen) atoms. The lowest BCUT2D eigenvalue weighted by molar-refractivity contribution is -0.110. The molecule has 1 aliphatic heterocycles. The zero-order valence-electron chi connectivity index (χ0n) is 47.6. The van der Waals surface area contributed by atoms with Gasteiger partial charge in [0, 0.05) is 45.3 Å². The van der Waals surface area contributed by atoms with Gasteiger partial charge in [-0.2, -0.15) is 13.2 Å². The SMILES string of the molecule is C=C.C=C.C=C.C=C(C)c1ccc(N2CCN(CC3=C(c4ccc(C)cc4)CCC(C)(C)C3)CC2)cc1.C=S.CC(F)(F)F.CCC.CCCC(CC)CC.Cc1ccc(C)c(C)c1.Cc1ccccc1. The Morgan fingerprint density at radius 3 is 1.48 bits per heavy atom. The number of nitrogens with zero attached hydrogens (tertiary/aromatic N) is 2. The van der Waals surface area contributed by atoms with Gasteiger partial charge in [-0.3, -0.25) is 4.90 Å². The summed E-state index contributed by atoms with van der Waals surface area (Å²) in [6.45, 7) is 56.5. The van der Waals surface area contributed by atoms with E-state index in [1.807, 2.05) is 18.2 Å². The fourth-order valence-corrected chi connectivity index (χ4v) is 7.59. The van der Waals surface area contributed by atoms with Crippen LogP contribution in [0.5, 0.6) is 0 Å². The summed E-state index contributed by atoms with van der Waals surface area (Å²) in [5.41, 5.74) is 15.6. The number of benzene rings is 4. The van der Waals surface area contributed by atoms with Gasteiger partial charge >= 0.3 is 6.18 Å². The predicted octanol–water partition coefficient (Wildman–Crippen LogP) is 20.7. The first-order valence-electron chi connectivity index (χ1n) is 25.6. The molecule has 1 aliphatic carbocycles. The predicted molar refractivity (Wildman–Crippen MR) is 323 cm³/mol. The van der Waals surface area contributed by atoms with Gasteiger partial charge in [-0.25, -0.2) is 0 Å². The third-order valence-electron chi connectivity index (χ3n) is 11.5. The van der Waals surface area contributed by atoms with E-state index in [-0.39, 0.29) is 6.92 Å². The third kappa shape index (κ3) is 36.8. The van der Waals surface area contributed by atoms with Gasteiger partial charge in [0.05, 0.1) is 0 Å². The number of hydrogen-bond acceptors (Lipinski definition) is 3. The molecular formula is C65H101F3N2S. The van der Waals surface area contributed by atoms with Crippen LogP contribution >= 0.6 is 12.2 Å². The summed E-state index contributed by atoms with van der Waals surface area (Å²) in [6.07, 6.45) is 6.47. The van der Waals surface area contributed by atoms with Crippen LogP contribution in [0, 0.1) is 46.0 Å². The fourth-order valence-electron chi connectivity index (χ4n) is 7.59. The molecule has 1 heterocycles. The van der Waals surface area contributed by atoms with Crippen molar-refractivity contribution in [3.05, 3.63) is 188 Å². The minimum atomic E-state index is -4.00. The van der Waals surface area contributed by atoms with Gasteiger partial charge in [0.25, 0.3) is 0 Å². The first kappa shape index (κ1) is 72.8. The molecule has 0 aromatic heterocycles. The summed E-state index contributed by atoms with van der Waals surface area (Å²) in [5, 5.41) is 0. The topological polar surface area (TPSA) is 6.48 Å². The van der Waals surface area contributed by atoms with Gasteiger partial charge in [0.2, 0.25) is 0 Å². The normalized spacial score (nSPS) is 13.1. The van der Waals surface area contributed by atoms with Crippen molar-refractivity contribution in [1.29, 1.82) is 0 Å². The van der Waals surface area contributed by atoms with Crippen LogP contribution in [-0.4, -0.2) is 49.7 Å². The van der Waals surface area contributed by atoms with Crippen molar-refractivity contribution in [2.45, 2.75) is 154 Å². The smallest absolute Gasteiger partial charge is 0.369 e. The Balaban J connectivity index is -0.000000457. The molecular weight excluding hydrogens is 898 g/mol. The molecule has 2 aliphatic rings. The molecule has 0 atom stereocenters. The molecule has 0 bridgehead atoms. The molecule has 6 rings (SSSR count). The highest BCUT2D eigenvalue weighted by molar-refractivity contribution is 7.77. The van der Waals surface area contributed by atoms with Crippen LogP contribution in [-0.2, 0) is 0 Å². The molecule has 1 saturated heterocycles. The van der Waals surface area contributed by atoms with E-state index < -0.39 is 6.18 Å². The number of piperazine rings is 1. The van der Waals surface area contributed by atoms with Gasteiger partial charge < -0.3 is 4.90 Å². The van der Waals surface area contributed by atoms with E-state index in [0.717, 1.165) is 44.2 Å². The summed E-state index contributed by atoms with van der Waals surface area (Å²) in [7, 11) is 0. The maximum absolute atomic E-state index is 10.4. The molecule has 0 unspecified atom stereocenters. The fraction of sp³-hybridized carbons (Fsp3) is 0.462. The monoisotopic (exact) mass is 999 g/mol. The van der Waals surface area contributed by atoms with E-state index >= 15 is 0 Å². The Bertz CT molecular complexity index is 1900. The lowest BCUT2D eigenvalue weighted by Crippen LogP contribution is -2.47. The van der Waals surface area contributed by atoms with Crippen LogP contribution in [0.25, 0.3) is 11.1 Å². The second kappa shape index (κ2) is 44.0. The van der Waals surface area contributed by atoms with Crippen LogP contribution in [0.4, 0.5) is 18.9 Å². The van der Waals surface area contributed by atoms with Crippen molar-refractivity contribution in [3.63, 3.8) is 0 Å². The molecule has 6 heteroatoms. The van der Waals surface area contributed by atoms with Crippen molar-refractivity contribution in [3.8, 4) is 0 Å². The molecule has 4 aromatic carbocycles. The quantitative estimate of drug-likeness (QED) is 0.122. The minimum Gasteiger partial charge on any atom is -0.369 e.